The summed E-state index contributed by atoms with van der Waals surface area (Å²) in [7, 11) is -2.33. The number of rotatable bonds is 6. The van der Waals surface area contributed by atoms with Crippen molar-refractivity contribution < 1.29 is 18.8 Å². The van der Waals surface area contributed by atoms with E-state index in [0.717, 1.165) is 4.46 Å². The van der Waals surface area contributed by atoms with E-state index in [-0.39, 0.29) is 23.2 Å². The van der Waals surface area contributed by atoms with E-state index in [4.69, 9.17) is 20.8 Å². The second kappa shape index (κ2) is 11.9. The predicted octanol–water partition coefficient (Wildman–Crippen LogP) is 5.79. The number of hydrogen-bond donors (Lipinski definition) is 0. The minimum absolute atomic E-state index is 0.0809. The molecule has 0 aromatic heterocycles. The molecule has 0 aliphatic heterocycles. The van der Waals surface area contributed by atoms with Crippen molar-refractivity contribution in [3.63, 3.8) is 0 Å². The first kappa shape index (κ1) is 29.4. The number of benzene rings is 2. The van der Waals surface area contributed by atoms with Crippen LogP contribution in [-0.4, -0.2) is 45.6 Å². The zero-order valence-electron chi connectivity index (χ0n) is 22.9. The van der Waals surface area contributed by atoms with Crippen LogP contribution in [-0.2, 0) is 14.0 Å². The molecule has 2 aromatic carbocycles. The number of hydrogen-bond acceptors (Lipinski definition) is 4. The number of fused-ring (bicyclic) bond motifs is 1. The molecule has 0 bridgehead atoms. The number of carbonyl (C=O) groups is 2. The van der Waals surface area contributed by atoms with Gasteiger partial charge in [-0.1, -0.05) is 0 Å². The summed E-state index contributed by atoms with van der Waals surface area (Å²) in [4.78, 5) is 27.8. The number of halogens is 1. The molecule has 4 nitrogen and oxygen atoms in total. The standard InChI is InChI=1S/C32H33ClO4SeSi/c1-31(2,3)39(4,5)37-27-20-13-8-6-7-10-15-23-22-28(34)32(29(23)27,38-26-18-11-9-12-19-26)36-30(35)24-16-14-17-25(33)21-24/h6,8-9,11-12,14,16-19,21,23,27,29H,15,22H2,1-5H3/b8-6-/t23-,27?,29-,32-/m1/s1. The van der Waals surface area contributed by atoms with Crippen molar-refractivity contribution in [2.24, 2.45) is 11.8 Å². The second-order valence-electron chi connectivity index (χ2n) is 11.3. The van der Waals surface area contributed by atoms with E-state index >= 15 is 0 Å². The third-order valence-corrected chi connectivity index (χ3v) is 15.2. The van der Waals surface area contributed by atoms with E-state index in [9.17, 15) is 9.59 Å². The van der Waals surface area contributed by atoms with Crippen molar-refractivity contribution in [3.8, 4) is 23.7 Å². The van der Waals surface area contributed by atoms with Gasteiger partial charge in [-0.05, 0) is 0 Å². The third-order valence-electron chi connectivity index (χ3n) is 7.60. The van der Waals surface area contributed by atoms with E-state index in [1.165, 1.54) is 0 Å². The van der Waals surface area contributed by atoms with E-state index < -0.39 is 45.8 Å². The van der Waals surface area contributed by atoms with Crippen LogP contribution >= 0.6 is 11.6 Å². The molecule has 0 radical (unpaired) electrons. The second-order valence-corrected chi connectivity index (χ2v) is 19.2. The fraction of sp³-hybridized carbons (Fsp3) is 0.375. The Morgan fingerprint density at radius 3 is 2.49 bits per heavy atom. The van der Waals surface area contributed by atoms with Gasteiger partial charge in [-0.2, -0.15) is 0 Å². The zero-order chi connectivity index (χ0) is 28.3. The Kier molecular flexibility index (Phi) is 8.97. The van der Waals surface area contributed by atoms with Gasteiger partial charge in [0.2, 0.25) is 0 Å². The molecule has 1 unspecified atom stereocenters. The normalized spacial score (nSPS) is 25.4. The van der Waals surface area contributed by atoms with Crippen molar-refractivity contribution >= 4 is 51.1 Å². The fourth-order valence-electron chi connectivity index (χ4n) is 4.54. The monoisotopic (exact) mass is 624 g/mol. The number of allylic oxidation sites excluding steroid dienone is 2. The van der Waals surface area contributed by atoms with Gasteiger partial charge in [0.15, 0.2) is 0 Å². The van der Waals surface area contributed by atoms with Crippen molar-refractivity contribution in [3.05, 3.63) is 77.3 Å². The summed E-state index contributed by atoms with van der Waals surface area (Å²) in [5.74, 6) is 11.3. The molecule has 0 amide bonds. The molecule has 39 heavy (non-hydrogen) atoms. The van der Waals surface area contributed by atoms with Gasteiger partial charge in [-0.25, -0.2) is 0 Å². The van der Waals surface area contributed by atoms with Gasteiger partial charge in [0, 0.05) is 0 Å². The van der Waals surface area contributed by atoms with Gasteiger partial charge in [0.05, 0.1) is 0 Å². The molecule has 0 heterocycles. The van der Waals surface area contributed by atoms with Crippen LogP contribution in [0.2, 0.25) is 23.2 Å². The predicted molar refractivity (Wildman–Crippen MR) is 159 cm³/mol. The molecule has 2 aliphatic carbocycles. The van der Waals surface area contributed by atoms with E-state index in [1.54, 1.807) is 36.4 Å². The Hall–Kier alpha value is -2.57. The molecule has 0 saturated heterocycles. The fourth-order valence-corrected chi connectivity index (χ4v) is 8.89. The molecule has 0 spiro atoms. The number of Topliss-reactive ketones (excluding diaryl/α,β-unsaturated/α-hetero) is 1. The van der Waals surface area contributed by atoms with Gasteiger partial charge in [0.1, 0.15) is 0 Å². The van der Waals surface area contributed by atoms with Crippen molar-refractivity contribution in [2.45, 2.75) is 62.3 Å². The summed E-state index contributed by atoms with van der Waals surface area (Å²) in [6, 6.07) is 16.4. The number of carbonyl (C=O) groups excluding carboxylic acids is 2. The Balaban J connectivity index is 1.88. The van der Waals surface area contributed by atoms with Crippen LogP contribution in [0, 0.1) is 35.5 Å². The molecule has 202 valence electrons. The molecule has 1 saturated carbocycles. The zero-order valence-corrected chi connectivity index (χ0v) is 26.4. The van der Waals surface area contributed by atoms with Gasteiger partial charge < -0.3 is 0 Å². The van der Waals surface area contributed by atoms with Gasteiger partial charge in [-0.3, -0.25) is 0 Å². The average Bonchev–Trinajstić information content (AvgIpc) is 3.13. The van der Waals surface area contributed by atoms with Crippen molar-refractivity contribution in [1.82, 2.24) is 0 Å². The van der Waals surface area contributed by atoms with Crippen LogP contribution in [0.15, 0.2) is 66.7 Å². The van der Waals surface area contributed by atoms with E-state index in [0.29, 0.717) is 17.0 Å². The Bertz CT molecular complexity index is 1390. The Morgan fingerprint density at radius 1 is 1.08 bits per heavy atom. The first-order chi connectivity index (χ1) is 18.4. The number of ketones is 1. The maximum atomic E-state index is 14.2. The van der Waals surface area contributed by atoms with E-state index in [1.807, 2.05) is 30.3 Å². The van der Waals surface area contributed by atoms with Gasteiger partial charge in [-0.15, -0.1) is 0 Å². The molecule has 0 N–H and O–H groups in total. The van der Waals surface area contributed by atoms with Gasteiger partial charge in [0.25, 0.3) is 0 Å². The van der Waals surface area contributed by atoms with E-state index in [2.05, 4.69) is 57.5 Å². The topological polar surface area (TPSA) is 52.6 Å². The molecular formula is C32H33ClO4SeSi. The SMILES string of the molecule is CC(C)(C)[Si](C)(C)OC1C#C/C=C\C#CC[C@@H]2CC(=O)[C@@](OC(=O)c3cccc(Cl)c3)([Se]c3ccccc3)[C@@H]12. The maximum absolute atomic E-state index is 14.2. The molecular weight excluding hydrogens is 591 g/mol. The van der Waals surface area contributed by atoms with Gasteiger partial charge >= 0.3 is 245 Å². The third kappa shape index (κ3) is 6.60. The van der Waals surface area contributed by atoms with Crippen LogP contribution in [0.25, 0.3) is 0 Å². The molecule has 2 aliphatic rings. The van der Waals surface area contributed by atoms with Crippen LogP contribution in [0.1, 0.15) is 44.0 Å². The summed E-state index contributed by atoms with van der Waals surface area (Å²) in [6.45, 7) is 10.9. The summed E-state index contributed by atoms with van der Waals surface area (Å²) < 4.78 is 12.9. The Morgan fingerprint density at radius 2 is 1.79 bits per heavy atom. The van der Waals surface area contributed by atoms with Crippen LogP contribution < -0.4 is 4.46 Å². The quantitative estimate of drug-likeness (QED) is 0.232. The molecule has 4 atom stereocenters. The molecule has 1 fully saturated rings. The van der Waals surface area contributed by atoms with Crippen molar-refractivity contribution in [1.29, 1.82) is 0 Å². The summed E-state index contributed by atoms with van der Waals surface area (Å²) in [5.41, 5.74) is 0.303. The minimum atomic E-state index is -2.33. The molecule has 4 rings (SSSR count). The van der Waals surface area contributed by atoms with Crippen molar-refractivity contribution in [2.75, 3.05) is 0 Å². The number of esters is 1. The first-order valence-corrected chi connectivity index (χ1v) is 18.0. The summed E-state index contributed by atoms with van der Waals surface area (Å²) in [5, 5.41) is 0.344. The average molecular weight is 624 g/mol. The van der Waals surface area contributed by atoms with Crippen LogP contribution in [0.5, 0.6) is 0 Å². The molecule has 7 heteroatoms. The summed E-state index contributed by atoms with van der Waals surface area (Å²) in [6.07, 6.45) is 3.58. The van der Waals surface area contributed by atoms with Crippen LogP contribution in [0.4, 0.5) is 0 Å². The summed E-state index contributed by atoms with van der Waals surface area (Å²) >= 11 is 5.64. The molecule has 2 aromatic rings. The van der Waals surface area contributed by atoms with Crippen LogP contribution in [0.3, 0.4) is 0 Å². The number of ether oxygens (including phenoxy) is 1. The Labute approximate surface area is 244 Å². The first-order valence-electron chi connectivity index (χ1n) is 13.0.